The van der Waals surface area contributed by atoms with E-state index in [1.807, 2.05) is 0 Å². The number of unbranched alkanes of at least 4 members (excludes halogenated alkanes) is 1. The van der Waals surface area contributed by atoms with Crippen LogP contribution in [0.2, 0.25) is 0 Å². The van der Waals surface area contributed by atoms with E-state index in [1.165, 1.54) is 0 Å². The summed E-state index contributed by atoms with van der Waals surface area (Å²) in [6.07, 6.45) is 2.68. The van der Waals surface area contributed by atoms with Gasteiger partial charge in [-0.25, -0.2) is 0 Å². The largest absolute Gasteiger partial charge is 0.481 e. The first-order valence-corrected chi connectivity index (χ1v) is 3.91. The van der Waals surface area contributed by atoms with Crippen LogP contribution in [0.3, 0.4) is 0 Å². The fourth-order valence-corrected chi connectivity index (χ4v) is 0.838. The summed E-state index contributed by atoms with van der Waals surface area (Å²) >= 11 is 5.47. The van der Waals surface area contributed by atoms with Gasteiger partial charge in [0.1, 0.15) is 6.29 Å². The second-order valence-electron chi connectivity index (χ2n) is 2.29. The second-order valence-corrected chi connectivity index (χ2v) is 2.85. The summed E-state index contributed by atoms with van der Waals surface area (Å²) < 4.78 is 0. The highest BCUT2D eigenvalue weighted by Gasteiger charge is 2.02. The highest BCUT2D eigenvalue weighted by molar-refractivity contribution is 6.27. The number of aliphatic carboxylic acids is 1. The quantitative estimate of drug-likeness (QED) is 0.380. The summed E-state index contributed by atoms with van der Waals surface area (Å²) in [7, 11) is 0. The minimum absolute atomic E-state index is 0.155. The Morgan fingerprint density at radius 1 is 1.55 bits per heavy atom. The smallest absolute Gasteiger partial charge is 0.303 e. The number of alkyl halides is 1. The Bertz CT molecular complexity index is 136. The van der Waals surface area contributed by atoms with Crippen LogP contribution < -0.4 is 0 Å². The van der Waals surface area contributed by atoms with Gasteiger partial charge in [0.2, 0.25) is 0 Å². The third-order valence-electron chi connectivity index (χ3n) is 1.27. The summed E-state index contributed by atoms with van der Waals surface area (Å²) in [4.78, 5) is 20.0. The van der Waals surface area contributed by atoms with Crippen LogP contribution in [0, 0.1) is 0 Å². The van der Waals surface area contributed by atoms with Crippen LogP contribution in [-0.2, 0) is 9.59 Å². The molecule has 0 radical (unpaired) electrons. The molecule has 0 aromatic heterocycles. The molecule has 0 amide bonds. The highest BCUT2D eigenvalue weighted by atomic mass is 35.5. The Labute approximate surface area is 70.3 Å². The van der Waals surface area contributed by atoms with E-state index in [0.717, 1.165) is 0 Å². The predicted molar refractivity (Wildman–Crippen MR) is 41.8 cm³/mol. The number of hydrogen-bond donors (Lipinski definition) is 1. The van der Waals surface area contributed by atoms with E-state index in [-0.39, 0.29) is 6.42 Å². The first-order chi connectivity index (χ1) is 5.16. The maximum absolute atomic E-state index is 10.0. The van der Waals surface area contributed by atoms with Crippen LogP contribution in [0.25, 0.3) is 0 Å². The minimum atomic E-state index is -0.803. The molecule has 1 atom stereocenters. The van der Waals surface area contributed by atoms with Gasteiger partial charge in [-0.05, 0) is 12.8 Å². The van der Waals surface area contributed by atoms with E-state index in [4.69, 9.17) is 16.7 Å². The Morgan fingerprint density at radius 3 is 2.64 bits per heavy atom. The van der Waals surface area contributed by atoms with E-state index < -0.39 is 11.3 Å². The summed E-state index contributed by atoms with van der Waals surface area (Å²) in [6.45, 7) is 0. The van der Waals surface area contributed by atoms with Crippen molar-refractivity contribution in [2.45, 2.75) is 31.1 Å². The molecular formula is C7H11ClO3. The SMILES string of the molecule is O=CC(Cl)CCCCC(=O)O. The molecule has 0 bridgehead atoms. The molecule has 0 aliphatic heterocycles. The lowest BCUT2D eigenvalue weighted by atomic mass is 10.1. The fraction of sp³-hybridized carbons (Fsp3) is 0.714. The topological polar surface area (TPSA) is 54.4 Å². The number of carboxylic acids is 1. The molecule has 0 aliphatic carbocycles. The zero-order chi connectivity index (χ0) is 8.69. The van der Waals surface area contributed by atoms with Gasteiger partial charge in [-0.2, -0.15) is 0 Å². The number of aldehydes is 1. The van der Waals surface area contributed by atoms with E-state index in [9.17, 15) is 9.59 Å². The number of halogens is 1. The molecule has 4 heteroatoms. The van der Waals surface area contributed by atoms with Crippen LogP contribution in [0.4, 0.5) is 0 Å². The molecule has 1 N–H and O–H groups in total. The third-order valence-corrected chi connectivity index (χ3v) is 1.59. The molecule has 0 rings (SSSR count). The lowest BCUT2D eigenvalue weighted by Gasteiger charge is -1.98. The summed E-state index contributed by atoms with van der Waals surface area (Å²) in [6, 6.07) is 0. The van der Waals surface area contributed by atoms with Gasteiger partial charge in [0.25, 0.3) is 0 Å². The summed E-state index contributed by atoms with van der Waals surface area (Å²) in [5, 5.41) is 7.78. The first kappa shape index (κ1) is 10.4. The van der Waals surface area contributed by atoms with Gasteiger partial charge in [0.15, 0.2) is 0 Å². The zero-order valence-corrected chi connectivity index (χ0v) is 6.88. The maximum Gasteiger partial charge on any atom is 0.303 e. The molecule has 11 heavy (non-hydrogen) atoms. The number of hydrogen-bond acceptors (Lipinski definition) is 2. The normalized spacial score (nSPS) is 12.5. The van der Waals surface area contributed by atoms with Crippen molar-refractivity contribution >= 4 is 23.9 Å². The molecule has 0 saturated carbocycles. The highest BCUT2D eigenvalue weighted by Crippen LogP contribution is 2.06. The Kier molecular flexibility index (Phi) is 5.84. The lowest BCUT2D eigenvalue weighted by molar-refractivity contribution is -0.137. The van der Waals surface area contributed by atoms with Gasteiger partial charge in [0.05, 0.1) is 5.38 Å². The number of carbonyl (C=O) groups excluding carboxylic acids is 1. The average molecular weight is 179 g/mol. The molecule has 0 aromatic carbocycles. The molecule has 64 valence electrons. The van der Waals surface area contributed by atoms with Crippen molar-refractivity contribution < 1.29 is 14.7 Å². The zero-order valence-electron chi connectivity index (χ0n) is 6.12. The average Bonchev–Trinajstić information content (AvgIpc) is 1.97. The number of rotatable bonds is 6. The Hall–Kier alpha value is -0.570. The number of carboxylic acid groups (broad SMARTS) is 1. The molecule has 1 unspecified atom stereocenters. The van der Waals surface area contributed by atoms with E-state index in [1.54, 1.807) is 0 Å². The minimum Gasteiger partial charge on any atom is -0.481 e. The molecular weight excluding hydrogens is 168 g/mol. The Morgan fingerprint density at radius 2 is 2.18 bits per heavy atom. The van der Waals surface area contributed by atoms with E-state index >= 15 is 0 Å². The standard InChI is InChI=1S/C7H11ClO3/c8-6(5-9)3-1-2-4-7(10)11/h5-6H,1-4H2,(H,10,11). The fourth-order valence-electron chi connectivity index (χ4n) is 0.684. The summed E-state index contributed by atoms with van der Waals surface area (Å²) in [5.74, 6) is -0.803. The van der Waals surface area contributed by atoms with Gasteiger partial charge in [-0.3, -0.25) is 4.79 Å². The van der Waals surface area contributed by atoms with Gasteiger partial charge >= 0.3 is 5.97 Å². The van der Waals surface area contributed by atoms with Crippen LogP contribution in [-0.4, -0.2) is 22.7 Å². The Balaban J connectivity index is 3.14. The molecule has 3 nitrogen and oxygen atoms in total. The van der Waals surface area contributed by atoms with Crippen LogP contribution in [0.15, 0.2) is 0 Å². The van der Waals surface area contributed by atoms with Gasteiger partial charge in [-0.15, -0.1) is 11.6 Å². The molecule has 0 aliphatic rings. The van der Waals surface area contributed by atoms with Gasteiger partial charge in [-0.1, -0.05) is 6.42 Å². The number of carbonyl (C=O) groups is 2. The van der Waals surface area contributed by atoms with Crippen LogP contribution >= 0.6 is 11.6 Å². The van der Waals surface area contributed by atoms with E-state index in [0.29, 0.717) is 25.5 Å². The predicted octanol–water partition coefficient (Wildman–Crippen LogP) is 1.44. The molecule has 0 aromatic rings. The van der Waals surface area contributed by atoms with Crippen molar-refractivity contribution in [2.24, 2.45) is 0 Å². The monoisotopic (exact) mass is 178 g/mol. The van der Waals surface area contributed by atoms with Crippen molar-refractivity contribution in [3.05, 3.63) is 0 Å². The molecule has 0 saturated heterocycles. The van der Waals surface area contributed by atoms with Gasteiger partial charge in [0, 0.05) is 6.42 Å². The van der Waals surface area contributed by atoms with E-state index in [2.05, 4.69) is 0 Å². The van der Waals surface area contributed by atoms with Crippen molar-refractivity contribution in [1.29, 1.82) is 0 Å². The van der Waals surface area contributed by atoms with Crippen molar-refractivity contribution in [2.75, 3.05) is 0 Å². The molecule has 0 fully saturated rings. The molecule has 0 heterocycles. The first-order valence-electron chi connectivity index (χ1n) is 3.48. The summed E-state index contributed by atoms with van der Waals surface area (Å²) in [5.41, 5.74) is 0. The van der Waals surface area contributed by atoms with Crippen molar-refractivity contribution in [3.63, 3.8) is 0 Å². The third kappa shape index (κ3) is 7.33. The van der Waals surface area contributed by atoms with Crippen LogP contribution in [0.5, 0.6) is 0 Å². The second kappa shape index (κ2) is 6.16. The van der Waals surface area contributed by atoms with Gasteiger partial charge < -0.3 is 9.90 Å². The maximum atomic E-state index is 10.0. The molecule has 0 spiro atoms. The lowest BCUT2D eigenvalue weighted by Crippen LogP contribution is -2.00. The van der Waals surface area contributed by atoms with Crippen molar-refractivity contribution in [1.82, 2.24) is 0 Å². The van der Waals surface area contributed by atoms with Crippen molar-refractivity contribution in [3.8, 4) is 0 Å². The van der Waals surface area contributed by atoms with Crippen LogP contribution in [0.1, 0.15) is 25.7 Å².